The van der Waals surface area contributed by atoms with Crippen LogP contribution in [0.3, 0.4) is 0 Å². The lowest BCUT2D eigenvalue weighted by atomic mass is 9.84. The summed E-state index contributed by atoms with van der Waals surface area (Å²) in [6.07, 6.45) is 6.77. The fraction of sp³-hybridized carbons (Fsp3) is 1.00. The zero-order valence-corrected chi connectivity index (χ0v) is 12.9. The van der Waals surface area contributed by atoms with Crippen molar-refractivity contribution in [1.82, 2.24) is 10.2 Å². The molecule has 19 heavy (non-hydrogen) atoms. The maximum atomic E-state index is 5.72. The fourth-order valence-corrected chi connectivity index (χ4v) is 3.28. The topological polar surface area (TPSA) is 24.5 Å². The van der Waals surface area contributed by atoms with Crippen LogP contribution in [-0.4, -0.2) is 50.3 Å². The predicted molar refractivity (Wildman–Crippen MR) is 80.5 cm³/mol. The van der Waals surface area contributed by atoms with Crippen molar-refractivity contribution in [3.63, 3.8) is 0 Å². The first-order valence-corrected chi connectivity index (χ1v) is 8.37. The standard InChI is InChI=1S/C16H32N2O/c1-3-9-17-16-8-10-19-13-15(16)12-18(4-2)11-14-6-5-7-14/h14-17H,3-13H2,1-2H3. The Morgan fingerprint density at radius 1 is 1.16 bits per heavy atom. The summed E-state index contributed by atoms with van der Waals surface area (Å²) in [5, 5.41) is 3.73. The Bertz CT molecular complexity index is 243. The molecule has 1 saturated carbocycles. The van der Waals surface area contributed by atoms with Gasteiger partial charge < -0.3 is 15.0 Å². The SMILES string of the molecule is CCCNC1CCOCC1CN(CC)CC1CCC1. The summed E-state index contributed by atoms with van der Waals surface area (Å²) in [5.41, 5.74) is 0. The minimum absolute atomic E-state index is 0.671. The van der Waals surface area contributed by atoms with Crippen LogP contribution in [0.2, 0.25) is 0 Å². The summed E-state index contributed by atoms with van der Waals surface area (Å²) < 4.78 is 5.72. The van der Waals surface area contributed by atoms with E-state index in [1.165, 1.54) is 51.7 Å². The van der Waals surface area contributed by atoms with Crippen LogP contribution in [0, 0.1) is 11.8 Å². The lowest BCUT2D eigenvalue weighted by Gasteiger charge is -2.38. The van der Waals surface area contributed by atoms with Crippen molar-refractivity contribution in [3.8, 4) is 0 Å². The molecule has 0 spiro atoms. The molecule has 2 rings (SSSR count). The molecule has 0 aromatic rings. The molecule has 3 heteroatoms. The lowest BCUT2D eigenvalue weighted by molar-refractivity contribution is 0.0133. The van der Waals surface area contributed by atoms with E-state index in [1.54, 1.807) is 0 Å². The molecule has 0 radical (unpaired) electrons. The van der Waals surface area contributed by atoms with Crippen molar-refractivity contribution >= 4 is 0 Å². The molecule has 2 aliphatic rings. The normalized spacial score (nSPS) is 28.6. The lowest BCUT2D eigenvalue weighted by Crippen LogP contribution is -2.48. The first-order valence-electron chi connectivity index (χ1n) is 8.37. The van der Waals surface area contributed by atoms with Gasteiger partial charge in [-0.15, -0.1) is 0 Å². The van der Waals surface area contributed by atoms with Crippen molar-refractivity contribution in [3.05, 3.63) is 0 Å². The second-order valence-corrected chi connectivity index (χ2v) is 6.33. The number of nitrogens with zero attached hydrogens (tertiary/aromatic N) is 1. The number of hydrogen-bond acceptors (Lipinski definition) is 3. The van der Waals surface area contributed by atoms with E-state index in [2.05, 4.69) is 24.1 Å². The van der Waals surface area contributed by atoms with Gasteiger partial charge in [0.25, 0.3) is 0 Å². The van der Waals surface area contributed by atoms with Gasteiger partial charge in [-0.05, 0) is 44.7 Å². The average molecular weight is 268 g/mol. The Morgan fingerprint density at radius 2 is 2.00 bits per heavy atom. The molecule has 1 saturated heterocycles. The molecule has 3 nitrogen and oxygen atoms in total. The van der Waals surface area contributed by atoms with Gasteiger partial charge >= 0.3 is 0 Å². The van der Waals surface area contributed by atoms with Crippen LogP contribution < -0.4 is 5.32 Å². The summed E-state index contributed by atoms with van der Waals surface area (Å²) in [6.45, 7) is 11.3. The Labute approximate surface area is 119 Å². The number of ether oxygens (including phenoxy) is 1. The second kappa shape index (κ2) is 8.23. The maximum Gasteiger partial charge on any atom is 0.0521 e. The molecule has 0 aromatic carbocycles. The summed E-state index contributed by atoms with van der Waals surface area (Å²) in [5.74, 6) is 1.66. The molecular weight excluding hydrogens is 236 g/mol. The van der Waals surface area contributed by atoms with Gasteiger partial charge in [-0.2, -0.15) is 0 Å². The highest BCUT2D eigenvalue weighted by atomic mass is 16.5. The summed E-state index contributed by atoms with van der Waals surface area (Å²) in [6, 6.07) is 0.671. The van der Waals surface area contributed by atoms with E-state index in [0.29, 0.717) is 12.0 Å². The van der Waals surface area contributed by atoms with E-state index in [9.17, 15) is 0 Å². The van der Waals surface area contributed by atoms with Crippen LogP contribution in [0.15, 0.2) is 0 Å². The van der Waals surface area contributed by atoms with Crippen LogP contribution >= 0.6 is 0 Å². The van der Waals surface area contributed by atoms with E-state index in [-0.39, 0.29) is 0 Å². The fourth-order valence-electron chi connectivity index (χ4n) is 3.28. The molecule has 112 valence electrons. The number of hydrogen-bond donors (Lipinski definition) is 1. The molecule has 2 unspecified atom stereocenters. The Balaban J connectivity index is 1.78. The highest BCUT2D eigenvalue weighted by Gasteiger charge is 2.28. The highest BCUT2D eigenvalue weighted by Crippen LogP contribution is 2.27. The Kier molecular flexibility index (Phi) is 6.62. The van der Waals surface area contributed by atoms with Gasteiger partial charge in [-0.25, -0.2) is 0 Å². The average Bonchev–Trinajstić information content (AvgIpc) is 2.40. The highest BCUT2D eigenvalue weighted by molar-refractivity contribution is 4.83. The third-order valence-electron chi connectivity index (χ3n) is 4.81. The van der Waals surface area contributed by atoms with Crippen LogP contribution in [0.5, 0.6) is 0 Å². The monoisotopic (exact) mass is 268 g/mol. The third-order valence-corrected chi connectivity index (χ3v) is 4.81. The van der Waals surface area contributed by atoms with Gasteiger partial charge in [-0.3, -0.25) is 0 Å². The van der Waals surface area contributed by atoms with E-state index < -0.39 is 0 Å². The maximum absolute atomic E-state index is 5.72. The van der Waals surface area contributed by atoms with Gasteiger partial charge in [0, 0.05) is 31.7 Å². The minimum atomic E-state index is 0.671. The van der Waals surface area contributed by atoms with Gasteiger partial charge in [-0.1, -0.05) is 20.3 Å². The predicted octanol–water partition coefficient (Wildman–Crippen LogP) is 2.51. The van der Waals surface area contributed by atoms with E-state index in [0.717, 1.165) is 25.7 Å². The van der Waals surface area contributed by atoms with E-state index in [1.807, 2.05) is 0 Å². The molecule has 0 amide bonds. The quantitative estimate of drug-likeness (QED) is 0.732. The zero-order valence-electron chi connectivity index (χ0n) is 12.9. The van der Waals surface area contributed by atoms with Crippen molar-refractivity contribution in [2.45, 2.75) is 52.0 Å². The van der Waals surface area contributed by atoms with Gasteiger partial charge in [0.2, 0.25) is 0 Å². The molecule has 0 bridgehead atoms. The Hall–Kier alpha value is -0.120. The second-order valence-electron chi connectivity index (χ2n) is 6.33. The summed E-state index contributed by atoms with van der Waals surface area (Å²) in [4.78, 5) is 2.66. The van der Waals surface area contributed by atoms with Gasteiger partial charge in [0.05, 0.1) is 6.61 Å². The molecule has 1 aliphatic heterocycles. The van der Waals surface area contributed by atoms with Crippen molar-refractivity contribution < 1.29 is 4.74 Å². The number of nitrogens with one attached hydrogen (secondary N) is 1. The van der Waals surface area contributed by atoms with Crippen LogP contribution in [0.4, 0.5) is 0 Å². The largest absolute Gasteiger partial charge is 0.381 e. The van der Waals surface area contributed by atoms with Crippen LogP contribution in [-0.2, 0) is 4.74 Å². The zero-order chi connectivity index (χ0) is 13.5. The minimum Gasteiger partial charge on any atom is -0.381 e. The smallest absolute Gasteiger partial charge is 0.0521 e. The van der Waals surface area contributed by atoms with Crippen molar-refractivity contribution in [1.29, 1.82) is 0 Å². The first kappa shape index (κ1) is 15.3. The van der Waals surface area contributed by atoms with Gasteiger partial charge in [0.15, 0.2) is 0 Å². The molecule has 2 fully saturated rings. The van der Waals surface area contributed by atoms with Crippen molar-refractivity contribution in [2.75, 3.05) is 39.4 Å². The molecule has 1 aliphatic carbocycles. The van der Waals surface area contributed by atoms with Crippen LogP contribution in [0.25, 0.3) is 0 Å². The van der Waals surface area contributed by atoms with Crippen LogP contribution in [0.1, 0.15) is 46.0 Å². The molecule has 0 aromatic heterocycles. The summed E-state index contributed by atoms with van der Waals surface area (Å²) >= 11 is 0. The molecule has 1 N–H and O–H groups in total. The molecule has 2 atom stereocenters. The van der Waals surface area contributed by atoms with E-state index >= 15 is 0 Å². The third kappa shape index (κ3) is 4.73. The molecular formula is C16H32N2O. The van der Waals surface area contributed by atoms with Crippen molar-refractivity contribution in [2.24, 2.45) is 11.8 Å². The first-order chi connectivity index (χ1) is 9.33. The van der Waals surface area contributed by atoms with E-state index in [4.69, 9.17) is 4.74 Å². The summed E-state index contributed by atoms with van der Waals surface area (Å²) in [7, 11) is 0. The number of rotatable bonds is 8. The Morgan fingerprint density at radius 3 is 2.63 bits per heavy atom. The van der Waals surface area contributed by atoms with Gasteiger partial charge in [0.1, 0.15) is 0 Å². The molecule has 1 heterocycles.